The highest BCUT2D eigenvalue weighted by atomic mass is 16.4. The lowest BCUT2D eigenvalue weighted by Gasteiger charge is -2.50. The minimum Gasteiger partial charge on any atom is -0.481 e. The maximum atomic E-state index is 11.5. The number of carbonyl (C=O) groups is 4. The van der Waals surface area contributed by atoms with Crippen molar-refractivity contribution in [3.8, 4) is 0 Å². The molecule has 3 aliphatic rings. The van der Waals surface area contributed by atoms with Gasteiger partial charge in [0.25, 0.3) is 0 Å². The number of aliphatic carboxylic acids is 4. The summed E-state index contributed by atoms with van der Waals surface area (Å²) in [6.07, 6.45) is 2.56. The number of fused-ring (bicyclic) bond motifs is 2. The molecule has 0 aliphatic heterocycles. The normalized spacial score (nSPS) is 42.2. The summed E-state index contributed by atoms with van der Waals surface area (Å²) < 4.78 is 0. The molecule has 0 amide bonds. The van der Waals surface area contributed by atoms with Crippen molar-refractivity contribution < 1.29 is 39.6 Å². The minimum atomic E-state index is -1.09. The quantitative estimate of drug-likeness (QED) is 0.585. The average molecular weight is 368 g/mol. The first-order valence-electron chi connectivity index (χ1n) is 9.10. The van der Waals surface area contributed by atoms with E-state index in [0.717, 1.165) is 0 Å². The smallest absolute Gasteiger partial charge is 0.307 e. The molecule has 3 aliphatic carbocycles. The van der Waals surface area contributed by atoms with Crippen LogP contribution in [0.4, 0.5) is 0 Å². The van der Waals surface area contributed by atoms with Crippen LogP contribution >= 0.6 is 0 Å². The van der Waals surface area contributed by atoms with Crippen LogP contribution in [0, 0.1) is 47.3 Å². The second kappa shape index (κ2) is 6.89. The van der Waals surface area contributed by atoms with Gasteiger partial charge in [0, 0.05) is 0 Å². The van der Waals surface area contributed by atoms with E-state index in [1.54, 1.807) is 0 Å². The first-order chi connectivity index (χ1) is 12.2. The molecule has 3 rings (SSSR count). The van der Waals surface area contributed by atoms with E-state index < -0.39 is 47.5 Å². The Balaban J connectivity index is 1.78. The first-order valence-corrected chi connectivity index (χ1v) is 9.10. The molecule has 3 fully saturated rings. The molecule has 8 atom stereocenters. The van der Waals surface area contributed by atoms with Crippen LogP contribution in [0.25, 0.3) is 0 Å². The summed E-state index contributed by atoms with van der Waals surface area (Å²) >= 11 is 0. The molecule has 0 spiro atoms. The molecule has 0 aromatic rings. The van der Waals surface area contributed by atoms with Gasteiger partial charge in [-0.05, 0) is 62.2 Å². The molecular weight excluding hydrogens is 344 g/mol. The summed E-state index contributed by atoms with van der Waals surface area (Å²) in [6.45, 7) is 0. The predicted octanol–water partition coefficient (Wildman–Crippen LogP) is 1.64. The summed E-state index contributed by atoms with van der Waals surface area (Å²) in [5, 5.41) is 37.5. The highest BCUT2D eigenvalue weighted by Crippen LogP contribution is 2.54. The van der Waals surface area contributed by atoms with Crippen LogP contribution in [0.3, 0.4) is 0 Å². The standard InChI is InChI=1S/C18H24O8/c19-15(20)11-3-7-1-8-4-12(16(21)22)14(18(25)26)6-10(8)2-9(7)5-13(11)17(23)24/h7-14H,1-6H2,(H,19,20)(H,21,22)(H,23,24)(H,25,26). The predicted molar refractivity (Wildman–Crippen MR) is 86.2 cm³/mol. The van der Waals surface area contributed by atoms with Gasteiger partial charge in [-0.15, -0.1) is 0 Å². The van der Waals surface area contributed by atoms with Gasteiger partial charge >= 0.3 is 23.9 Å². The number of hydrogen-bond donors (Lipinski definition) is 4. The molecule has 0 radical (unpaired) electrons. The van der Waals surface area contributed by atoms with Gasteiger partial charge in [-0.2, -0.15) is 0 Å². The van der Waals surface area contributed by atoms with Gasteiger partial charge in [-0.25, -0.2) is 0 Å². The van der Waals surface area contributed by atoms with Gasteiger partial charge in [-0.3, -0.25) is 19.2 Å². The van der Waals surface area contributed by atoms with Crippen molar-refractivity contribution in [1.82, 2.24) is 0 Å². The van der Waals surface area contributed by atoms with E-state index in [9.17, 15) is 39.6 Å². The fraction of sp³-hybridized carbons (Fsp3) is 0.778. The summed E-state index contributed by atoms with van der Waals surface area (Å²) in [7, 11) is 0. The van der Waals surface area contributed by atoms with Gasteiger partial charge in [0.1, 0.15) is 0 Å². The second-order valence-electron chi connectivity index (χ2n) is 8.23. The van der Waals surface area contributed by atoms with E-state index in [0.29, 0.717) is 38.5 Å². The molecule has 8 unspecified atom stereocenters. The molecule has 4 N–H and O–H groups in total. The van der Waals surface area contributed by atoms with Crippen LogP contribution < -0.4 is 0 Å². The molecular formula is C18H24O8. The van der Waals surface area contributed by atoms with Crippen LogP contribution in [0.1, 0.15) is 38.5 Å². The monoisotopic (exact) mass is 368 g/mol. The zero-order valence-corrected chi connectivity index (χ0v) is 14.3. The lowest BCUT2D eigenvalue weighted by atomic mass is 9.54. The van der Waals surface area contributed by atoms with E-state index in [1.807, 2.05) is 0 Å². The zero-order chi connectivity index (χ0) is 19.2. The van der Waals surface area contributed by atoms with Crippen molar-refractivity contribution in [2.75, 3.05) is 0 Å². The Labute approximate surface area is 150 Å². The number of carboxylic acid groups (broad SMARTS) is 4. The first kappa shape index (κ1) is 18.7. The molecule has 26 heavy (non-hydrogen) atoms. The SMILES string of the molecule is O=C(O)C1CC2CC3CC(C(=O)O)C(C(=O)O)CC3CC2CC1C(=O)O. The lowest BCUT2D eigenvalue weighted by molar-refractivity contribution is -0.163. The maximum absolute atomic E-state index is 11.5. The minimum absolute atomic E-state index is 0.0729. The molecule has 8 nitrogen and oxygen atoms in total. The largest absolute Gasteiger partial charge is 0.481 e. The second-order valence-corrected chi connectivity index (χ2v) is 8.23. The van der Waals surface area contributed by atoms with Crippen LogP contribution in [0.2, 0.25) is 0 Å². The van der Waals surface area contributed by atoms with Crippen molar-refractivity contribution in [3.63, 3.8) is 0 Å². The highest BCUT2D eigenvalue weighted by Gasteiger charge is 2.52. The Morgan fingerprint density at radius 1 is 0.423 bits per heavy atom. The van der Waals surface area contributed by atoms with Gasteiger partial charge in [0.15, 0.2) is 0 Å². The van der Waals surface area contributed by atoms with E-state index in [1.165, 1.54) is 0 Å². The Morgan fingerprint density at radius 3 is 0.769 bits per heavy atom. The molecule has 8 heteroatoms. The summed E-state index contributed by atoms with van der Waals surface area (Å²) in [5.41, 5.74) is 0. The summed E-state index contributed by atoms with van der Waals surface area (Å²) in [5.74, 6) is -7.68. The topological polar surface area (TPSA) is 149 Å². The van der Waals surface area contributed by atoms with Gasteiger partial charge in [0.05, 0.1) is 23.7 Å². The summed E-state index contributed by atoms with van der Waals surface area (Å²) in [6, 6.07) is 0. The van der Waals surface area contributed by atoms with Crippen molar-refractivity contribution in [2.24, 2.45) is 47.3 Å². The van der Waals surface area contributed by atoms with E-state index in [2.05, 4.69) is 0 Å². The van der Waals surface area contributed by atoms with Crippen LogP contribution in [-0.4, -0.2) is 44.3 Å². The molecule has 144 valence electrons. The third-order valence-electron chi connectivity index (χ3n) is 7.01. The highest BCUT2D eigenvalue weighted by molar-refractivity contribution is 5.81. The van der Waals surface area contributed by atoms with Crippen LogP contribution in [-0.2, 0) is 19.2 Å². The lowest BCUT2D eigenvalue weighted by Crippen LogP contribution is -2.47. The molecule has 0 saturated heterocycles. The molecule has 0 aromatic heterocycles. The van der Waals surface area contributed by atoms with Crippen molar-refractivity contribution >= 4 is 23.9 Å². The average Bonchev–Trinajstić information content (AvgIpc) is 2.57. The van der Waals surface area contributed by atoms with E-state index in [-0.39, 0.29) is 23.7 Å². The third kappa shape index (κ3) is 3.29. The molecule has 0 aromatic carbocycles. The molecule has 3 saturated carbocycles. The number of rotatable bonds is 4. The van der Waals surface area contributed by atoms with Crippen molar-refractivity contribution in [2.45, 2.75) is 38.5 Å². The Bertz CT molecular complexity index is 523. The van der Waals surface area contributed by atoms with Gasteiger partial charge < -0.3 is 20.4 Å². The van der Waals surface area contributed by atoms with Crippen LogP contribution in [0.5, 0.6) is 0 Å². The fourth-order valence-electron chi connectivity index (χ4n) is 5.76. The van der Waals surface area contributed by atoms with E-state index in [4.69, 9.17) is 0 Å². The van der Waals surface area contributed by atoms with Crippen molar-refractivity contribution in [1.29, 1.82) is 0 Å². The number of carboxylic acids is 4. The Morgan fingerprint density at radius 2 is 0.615 bits per heavy atom. The Hall–Kier alpha value is -2.12. The number of hydrogen-bond acceptors (Lipinski definition) is 4. The van der Waals surface area contributed by atoms with Crippen molar-refractivity contribution in [3.05, 3.63) is 0 Å². The zero-order valence-electron chi connectivity index (χ0n) is 14.3. The van der Waals surface area contributed by atoms with E-state index >= 15 is 0 Å². The maximum Gasteiger partial charge on any atom is 0.307 e. The van der Waals surface area contributed by atoms with Gasteiger partial charge in [0.2, 0.25) is 0 Å². The fourth-order valence-corrected chi connectivity index (χ4v) is 5.76. The van der Waals surface area contributed by atoms with Crippen LogP contribution in [0.15, 0.2) is 0 Å². The Kier molecular flexibility index (Phi) is 4.94. The summed E-state index contributed by atoms with van der Waals surface area (Å²) in [4.78, 5) is 45.9. The molecule has 0 heterocycles. The third-order valence-corrected chi connectivity index (χ3v) is 7.01. The van der Waals surface area contributed by atoms with Gasteiger partial charge in [-0.1, -0.05) is 0 Å². The molecule has 0 bridgehead atoms.